The van der Waals surface area contributed by atoms with Crippen LogP contribution in [0.15, 0.2) is 41.1 Å². The van der Waals surface area contributed by atoms with E-state index >= 15 is 0 Å². The smallest absolute Gasteiger partial charge is 0.140 e. The summed E-state index contributed by atoms with van der Waals surface area (Å²) in [5.74, 6) is 0.267. The molecule has 2 aromatic heterocycles. The summed E-state index contributed by atoms with van der Waals surface area (Å²) < 4.78 is 2.63. The van der Waals surface area contributed by atoms with Gasteiger partial charge in [-0.3, -0.25) is 4.40 Å². The van der Waals surface area contributed by atoms with Crippen LogP contribution in [-0.4, -0.2) is 14.5 Å². The predicted molar refractivity (Wildman–Crippen MR) is 62.1 cm³/mol. The van der Waals surface area contributed by atoms with E-state index in [1.807, 2.05) is 34.9 Å². The van der Waals surface area contributed by atoms with Crippen molar-refractivity contribution >= 4 is 32.5 Å². The minimum atomic E-state index is 0.267. The molecule has 74 valence electrons. The molecule has 0 aliphatic heterocycles. The predicted octanol–water partition coefficient (Wildman–Crippen LogP) is 2.96. The molecule has 1 N–H and O–H groups in total. The van der Waals surface area contributed by atoms with Crippen molar-refractivity contribution in [2.24, 2.45) is 0 Å². The Kier molecular flexibility index (Phi) is 1.73. The van der Waals surface area contributed by atoms with E-state index in [0.29, 0.717) is 0 Å². The fraction of sp³-hybridized carbons (Fsp3) is 0. The maximum atomic E-state index is 9.81. The molecule has 0 spiro atoms. The van der Waals surface area contributed by atoms with Gasteiger partial charge in [-0.25, -0.2) is 4.98 Å². The zero-order valence-corrected chi connectivity index (χ0v) is 9.27. The average molecular weight is 263 g/mol. The first-order chi connectivity index (χ1) is 7.25. The van der Waals surface area contributed by atoms with Crippen molar-refractivity contribution in [3.8, 4) is 5.75 Å². The molecule has 0 saturated carbocycles. The number of fused-ring (bicyclic) bond motifs is 3. The van der Waals surface area contributed by atoms with Crippen molar-refractivity contribution in [2.45, 2.75) is 0 Å². The van der Waals surface area contributed by atoms with Crippen LogP contribution in [0.1, 0.15) is 0 Å². The fourth-order valence-corrected chi connectivity index (χ4v) is 2.16. The molecule has 0 saturated heterocycles. The average Bonchev–Trinajstić information content (AvgIpc) is 2.58. The van der Waals surface area contributed by atoms with Gasteiger partial charge in [-0.05, 0) is 34.1 Å². The first kappa shape index (κ1) is 8.73. The summed E-state index contributed by atoms with van der Waals surface area (Å²) >= 11 is 3.32. The van der Waals surface area contributed by atoms with Gasteiger partial charge in [0.25, 0.3) is 0 Å². The second kappa shape index (κ2) is 2.97. The molecule has 3 nitrogen and oxygen atoms in total. The van der Waals surface area contributed by atoms with Gasteiger partial charge in [0.15, 0.2) is 0 Å². The van der Waals surface area contributed by atoms with Crippen LogP contribution in [0.3, 0.4) is 0 Å². The number of hydrogen-bond acceptors (Lipinski definition) is 2. The Hall–Kier alpha value is -1.55. The lowest BCUT2D eigenvalue weighted by molar-refractivity contribution is 0.480. The van der Waals surface area contributed by atoms with E-state index in [4.69, 9.17) is 0 Å². The minimum absolute atomic E-state index is 0.267. The number of pyridine rings is 1. The lowest BCUT2D eigenvalue weighted by Gasteiger charge is -2.03. The summed E-state index contributed by atoms with van der Waals surface area (Å²) in [6.07, 6.45) is 1.84. The Morgan fingerprint density at radius 1 is 1.20 bits per heavy atom. The molecule has 3 rings (SSSR count). The number of aromatic hydroxyl groups is 1. The number of nitrogens with zero attached hydrogens (tertiary/aromatic N) is 2. The van der Waals surface area contributed by atoms with Crippen molar-refractivity contribution in [1.82, 2.24) is 9.38 Å². The molecule has 0 aliphatic carbocycles. The summed E-state index contributed by atoms with van der Waals surface area (Å²) in [5.41, 5.74) is 1.60. The van der Waals surface area contributed by atoms with E-state index in [9.17, 15) is 5.11 Å². The lowest BCUT2D eigenvalue weighted by atomic mass is 10.2. The van der Waals surface area contributed by atoms with E-state index in [1.165, 1.54) is 0 Å². The number of aromatic nitrogens is 2. The van der Waals surface area contributed by atoms with Gasteiger partial charge in [0, 0.05) is 11.6 Å². The van der Waals surface area contributed by atoms with Crippen LogP contribution in [0.5, 0.6) is 5.75 Å². The number of hydrogen-bond donors (Lipinski definition) is 1. The Bertz CT molecular complexity index is 660. The zero-order valence-electron chi connectivity index (χ0n) is 7.68. The van der Waals surface area contributed by atoms with Crippen molar-refractivity contribution in [1.29, 1.82) is 0 Å². The Balaban J connectivity index is 2.62. The van der Waals surface area contributed by atoms with E-state index in [0.717, 1.165) is 21.2 Å². The van der Waals surface area contributed by atoms with E-state index in [1.54, 1.807) is 6.07 Å². The third kappa shape index (κ3) is 1.22. The van der Waals surface area contributed by atoms with Crippen LogP contribution in [0.4, 0.5) is 0 Å². The van der Waals surface area contributed by atoms with E-state index in [2.05, 4.69) is 20.9 Å². The standard InChI is InChI=1S/C11H7BrN2O/c12-9-6-14-10(13-9)5-4-7-2-1-3-8(15)11(7)14/h1-6,15H. The molecule has 0 fully saturated rings. The number of halogens is 1. The molecule has 0 radical (unpaired) electrons. The molecule has 2 heterocycles. The summed E-state index contributed by atoms with van der Waals surface area (Å²) in [7, 11) is 0. The lowest BCUT2D eigenvalue weighted by Crippen LogP contribution is -1.86. The highest BCUT2D eigenvalue weighted by atomic mass is 79.9. The summed E-state index contributed by atoms with van der Waals surface area (Å²) in [6.45, 7) is 0. The van der Waals surface area contributed by atoms with Crippen molar-refractivity contribution < 1.29 is 5.11 Å². The molecular weight excluding hydrogens is 256 g/mol. The van der Waals surface area contributed by atoms with Gasteiger partial charge in [0.1, 0.15) is 16.0 Å². The third-order valence-corrected chi connectivity index (χ3v) is 2.78. The topological polar surface area (TPSA) is 37.5 Å². The summed E-state index contributed by atoms with van der Waals surface area (Å²) in [6, 6.07) is 9.34. The molecule has 15 heavy (non-hydrogen) atoms. The highest BCUT2D eigenvalue weighted by molar-refractivity contribution is 9.10. The van der Waals surface area contributed by atoms with Gasteiger partial charge < -0.3 is 5.11 Å². The third-order valence-electron chi connectivity index (χ3n) is 2.40. The second-order valence-electron chi connectivity index (χ2n) is 3.34. The molecule has 0 aliphatic rings. The number of imidazole rings is 1. The van der Waals surface area contributed by atoms with Crippen LogP contribution in [-0.2, 0) is 0 Å². The van der Waals surface area contributed by atoms with Crippen LogP contribution in [0, 0.1) is 0 Å². The molecular formula is C11H7BrN2O. The SMILES string of the molecule is Oc1cccc2ccc3nc(Br)cn3c12. The first-order valence-electron chi connectivity index (χ1n) is 4.51. The largest absolute Gasteiger partial charge is 0.506 e. The normalized spacial score (nSPS) is 11.3. The van der Waals surface area contributed by atoms with Gasteiger partial charge in [-0.2, -0.15) is 0 Å². The van der Waals surface area contributed by atoms with Crippen molar-refractivity contribution in [2.75, 3.05) is 0 Å². The fourth-order valence-electron chi connectivity index (χ4n) is 1.77. The quantitative estimate of drug-likeness (QED) is 0.677. The monoisotopic (exact) mass is 262 g/mol. The highest BCUT2D eigenvalue weighted by Crippen LogP contribution is 2.26. The first-order valence-corrected chi connectivity index (χ1v) is 5.30. The summed E-state index contributed by atoms with van der Waals surface area (Å²) in [5, 5.41) is 10.8. The maximum Gasteiger partial charge on any atom is 0.140 e. The number of para-hydroxylation sites is 1. The number of phenols is 1. The number of rotatable bonds is 0. The Morgan fingerprint density at radius 3 is 2.93 bits per heavy atom. The van der Waals surface area contributed by atoms with Gasteiger partial charge in [0.05, 0.1) is 5.52 Å². The minimum Gasteiger partial charge on any atom is -0.506 e. The molecule has 0 amide bonds. The zero-order chi connectivity index (χ0) is 10.4. The Morgan fingerprint density at radius 2 is 2.07 bits per heavy atom. The van der Waals surface area contributed by atoms with Crippen LogP contribution in [0.2, 0.25) is 0 Å². The van der Waals surface area contributed by atoms with Crippen LogP contribution >= 0.6 is 15.9 Å². The highest BCUT2D eigenvalue weighted by Gasteiger charge is 2.06. The number of benzene rings is 1. The molecule has 0 unspecified atom stereocenters. The van der Waals surface area contributed by atoms with E-state index in [-0.39, 0.29) is 5.75 Å². The summed E-state index contributed by atoms with van der Waals surface area (Å²) in [4.78, 5) is 4.27. The van der Waals surface area contributed by atoms with Gasteiger partial charge in [-0.1, -0.05) is 12.1 Å². The van der Waals surface area contributed by atoms with Crippen molar-refractivity contribution in [3.63, 3.8) is 0 Å². The van der Waals surface area contributed by atoms with Gasteiger partial charge in [-0.15, -0.1) is 0 Å². The second-order valence-corrected chi connectivity index (χ2v) is 4.15. The van der Waals surface area contributed by atoms with Crippen LogP contribution in [0.25, 0.3) is 16.6 Å². The molecule has 1 aromatic carbocycles. The van der Waals surface area contributed by atoms with Gasteiger partial charge >= 0.3 is 0 Å². The molecule has 3 aromatic rings. The number of phenolic OH excluding ortho intramolecular Hbond substituents is 1. The maximum absolute atomic E-state index is 9.81. The van der Waals surface area contributed by atoms with E-state index < -0.39 is 0 Å². The van der Waals surface area contributed by atoms with Crippen molar-refractivity contribution in [3.05, 3.63) is 41.1 Å². The van der Waals surface area contributed by atoms with Crippen LogP contribution < -0.4 is 0 Å². The molecule has 4 heteroatoms. The molecule has 0 atom stereocenters. The van der Waals surface area contributed by atoms with Gasteiger partial charge in [0.2, 0.25) is 0 Å². The molecule has 0 bridgehead atoms. The Labute approximate surface area is 94.1 Å².